The van der Waals surface area contributed by atoms with Crippen LogP contribution in [0.15, 0.2) is 22.7 Å². The van der Waals surface area contributed by atoms with Gasteiger partial charge in [-0.3, -0.25) is 0 Å². The molecule has 0 fully saturated rings. The average molecular weight is 307 g/mol. The molecule has 0 N–H and O–H groups in total. The van der Waals surface area contributed by atoms with Crippen molar-refractivity contribution in [2.45, 2.75) is 24.8 Å². The molecule has 20 heavy (non-hydrogen) atoms. The molecule has 0 aromatic carbocycles. The van der Waals surface area contributed by atoms with Crippen molar-refractivity contribution in [1.82, 2.24) is 0 Å². The second kappa shape index (κ2) is 4.94. The minimum Gasteiger partial charge on any atom is -0.618 e. The molecule has 1 heterocycles. The Morgan fingerprint density at radius 1 is 1.40 bits per heavy atom. The van der Waals surface area contributed by atoms with Crippen molar-refractivity contribution in [2.75, 3.05) is 6.26 Å². The van der Waals surface area contributed by atoms with Gasteiger partial charge in [0, 0.05) is 17.9 Å². The molecular formula is C11H12F3N3O2S. The van der Waals surface area contributed by atoms with Crippen molar-refractivity contribution in [2.24, 2.45) is 4.36 Å². The highest BCUT2D eigenvalue weighted by Crippen LogP contribution is 2.32. The Morgan fingerprint density at radius 3 is 2.35 bits per heavy atom. The minimum atomic E-state index is -4.77. The SMILES string of the molecule is CC(C)(c1ccc(C(F)(F)F)[n+]([O-])c1)S(C)(=O)=NC#N. The van der Waals surface area contributed by atoms with Gasteiger partial charge in [-0.15, -0.1) is 4.36 Å². The third-order valence-electron chi connectivity index (χ3n) is 3.06. The fourth-order valence-electron chi connectivity index (χ4n) is 1.47. The van der Waals surface area contributed by atoms with Gasteiger partial charge in [0.15, 0.2) is 6.20 Å². The minimum absolute atomic E-state index is 0.104. The second-order valence-corrected chi connectivity index (χ2v) is 7.44. The largest absolute Gasteiger partial charge is 0.618 e. The van der Waals surface area contributed by atoms with Crippen LogP contribution in [0.2, 0.25) is 0 Å². The summed E-state index contributed by atoms with van der Waals surface area (Å²) in [4.78, 5) is 0. The van der Waals surface area contributed by atoms with Crippen LogP contribution in [-0.4, -0.2) is 10.5 Å². The predicted octanol–water partition coefficient (Wildman–Crippen LogP) is 2.15. The molecule has 0 bridgehead atoms. The molecule has 1 rings (SSSR count). The third-order valence-corrected chi connectivity index (χ3v) is 5.62. The van der Waals surface area contributed by atoms with Crippen LogP contribution in [0.4, 0.5) is 13.2 Å². The van der Waals surface area contributed by atoms with Crippen LogP contribution in [0.5, 0.6) is 0 Å². The molecule has 9 heteroatoms. The highest BCUT2D eigenvalue weighted by molar-refractivity contribution is 7.93. The van der Waals surface area contributed by atoms with Gasteiger partial charge in [-0.2, -0.15) is 23.2 Å². The number of halogens is 3. The van der Waals surface area contributed by atoms with Gasteiger partial charge in [0.05, 0.1) is 14.5 Å². The lowest BCUT2D eigenvalue weighted by Crippen LogP contribution is -2.39. The number of hydrogen-bond donors (Lipinski definition) is 0. The fourth-order valence-corrected chi connectivity index (χ4v) is 2.41. The van der Waals surface area contributed by atoms with Crippen LogP contribution >= 0.6 is 0 Å². The molecule has 1 aromatic heterocycles. The van der Waals surface area contributed by atoms with Crippen LogP contribution in [0, 0.1) is 16.7 Å². The van der Waals surface area contributed by atoms with Crippen molar-refractivity contribution in [3.05, 3.63) is 34.8 Å². The zero-order valence-corrected chi connectivity index (χ0v) is 11.7. The zero-order valence-electron chi connectivity index (χ0n) is 10.9. The van der Waals surface area contributed by atoms with Gasteiger partial charge in [0.25, 0.3) is 5.69 Å². The molecule has 0 aliphatic rings. The number of nitriles is 1. The van der Waals surface area contributed by atoms with Crippen LogP contribution in [0.1, 0.15) is 25.1 Å². The van der Waals surface area contributed by atoms with E-state index in [-0.39, 0.29) is 10.3 Å². The number of hydrogen-bond acceptors (Lipinski definition) is 4. The normalized spacial score (nSPS) is 15.2. The van der Waals surface area contributed by atoms with Gasteiger partial charge in [0.1, 0.15) is 0 Å². The molecule has 1 atom stereocenters. The first kappa shape index (κ1) is 16.2. The Balaban J connectivity index is 3.45. The average Bonchev–Trinajstić information content (AvgIpc) is 2.26. The molecule has 1 unspecified atom stereocenters. The number of nitrogens with zero attached hydrogens (tertiary/aromatic N) is 3. The summed E-state index contributed by atoms with van der Waals surface area (Å²) in [6, 6.07) is 1.68. The number of alkyl halides is 3. The summed E-state index contributed by atoms with van der Waals surface area (Å²) in [6.07, 6.45) is -1.43. The second-order valence-electron chi connectivity index (χ2n) is 4.63. The van der Waals surface area contributed by atoms with Crippen LogP contribution in [0.25, 0.3) is 0 Å². The van der Waals surface area contributed by atoms with E-state index >= 15 is 0 Å². The van der Waals surface area contributed by atoms with Gasteiger partial charge < -0.3 is 5.21 Å². The molecule has 0 aliphatic heterocycles. The molecular weight excluding hydrogens is 295 g/mol. The summed E-state index contributed by atoms with van der Waals surface area (Å²) in [5.41, 5.74) is -1.26. The molecule has 110 valence electrons. The van der Waals surface area contributed by atoms with Gasteiger partial charge in [0.2, 0.25) is 6.19 Å². The van der Waals surface area contributed by atoms with Crippen molar-refractivity contribution in [3.63, 3.8) is 0 Å². The van der Waals surface area contributed by atoms with E-state index < -0.39 is 26.3 Å². The molecule has 0 spiro atoms. The molecule has 1 aromatic rings. The summed E-state index contributed by atoms with van der Waals surface area (Å²) >= 11 is 0. The first-order valence-electron chi connectivity index (χ1n) is 5.34. The highest BCUT2D eigenvalue weighted by atomic mass is 32.2. The molecule has 0 saturated heterocycles. The highest BCUT2D eigenvalue weighted by Gasteiger charge is 2.41. The standard InChI is InChI=1S/C11H12F3N3O2S/c1-10(2,20(3,19)16-7-15)8-4-5-9(11(12,13)14)17(18)6-8/h4-6H,1-3H3. The van der Waals surface area contributed by atoms with Gasteiger partial charge in [-0.05, 0) is 19.9 Å². The van der Waals surface area contributed by atoms with Crippen molar-refractivity contribution >= 4 is 9.73 Å². The molecule has 0 radical (unpaired) electrons. The van der Waals surface area contributed by atoms with E-state index in [1.54, 1.807) is 0 Å². The van der Waals surface area contributed by atoms with E-state index in [1.807, 2.05) is 0 Å². The summed E-state index contributed by atoms with van der Waals surface area (Å²) < 4.78 is 51.5. The summed E-state index contributed by atoms with van der Waals surface area (Å²) in [5, 5.41) is 19.9. The van der Waals surface area contributed by atoms with Crippen LogP contribution in [-0.2, 0) is 20.7 Å². The molecule has 0 aliphatic carbocycles. The lowest BCUT2D eigenvalue weighted by molar-refractivity contribution is -0.629. The number of rotatable bonds is 2. The maximum atomic E-state index is 12.5. The maximum Gasteiger partial charge on any atom is 0.478 e. The molecule has 5 nitrogen and oxygen atoms in total. The van der Waals surface area contributed by atoms with Crippen LogP contribution in [0.3, 0.4) is 0 Å². The summed E-state index contributed by atoms with van der Waals surface area (Å²) in [6.45, 7) is 2.89. The fraction of sp³-hybridized carbons (Fsp3) is 0.455. The molecule has 0 amide bonds. The zero-order chi connectivity index (χ0) is 15.8. The quantitative estimate of drug-likeness (QED) is 0.477. The first-order chi connectivity index (χ1) is 8.93. The van der Waals surface area contributed by atoms with Crippen LogP contribution < -0.4 is 4.73 Å². The smallest absolute Gasteiger partial charge is 0.478 e. The first-order valence-corrected chi connectivity index (χ1v) is 7.26. The van der Waals surface area contributed by atoms with E-state index in [2.05, 4.69) is 4.36 Å². The van der Waals surface area contributed by atoms with Gasteiger partial charge in [-0.1, -0.05) is 0 Å². The topological polar surface area (TPSA) is 80.2 Å². The summed E-state index contributed by atoms with van der Waals surface area (Å²) in [7, 11) is -3.05. The Labute approximate surface area is 114 Å². The number of aromatic nitrogens is 1. The van der Waals surface area contributed by atoms with E-state index in [0.717, 1.165) is 6.07 Å². The van der Waals surface area contributed by atoms with Gasteiger partial charge in [-0.25, -0.2) is 4.21 Å². The Bertz CT molecular complexity index is 683. The van der Waals surface area contributed by atoms with Crippen molar-refractivity contribution in [1.29, 1.82) is 5.26 Å². The maximum absolute atomic E-state index is 12.5. The predicted molar refractivity (Wildman–Crippen MR) is 65.5 cm³/mol. The third kappa shape index (κ3) is 2.85. The van der Waals surface area contributed by atoms with E-state index in [4.69, 9.17) is 5.26 Å². The summed E-state index contributed by atoms with van der Waals surface area (Å²) in [5.74, 6) is 0. The lowest BCUT2D eigenvalue weighted by atomic mass is 10.0. The number of pyridine rings is 1. The molecule has 0 saturated carbocycles. The van der Waals surface area contributed by atoms with E-state index in [9.17, 15) is 22.6 Å². The van der Waals surface area contributed by atoms with E-state index in [0.29, 0.717) is 12.3 Å². The van der Waals surface area contributed by atoms with Crippen molar-refractivity contribution < 1.29 is 22.1 Å². The van der Waals surface area contributed by atoms with E-state index in [1.165, 1.54) is 26.3 Å². The van der Waals surface area contributed by atoms with Crippen molar-refractivity contribution in [3.8, 4) is 6.19 Å². The monoisotopic (exact) mass is 307 g/mol. The Kier molecular flexibility index (Phi) is 4.01. The van der Waals surface area contributed by atoms with Gasteiger partial charge >= 0.3 is 6.18 Å². The Morgan fingerprint density at radius 2 is 1.95 bits per heavy atom. The lowest BCUT2D eigenvalue weighted by Gasteiger charge is -2.25. The Hall–Kier alpha value is -1.82.